The standard InChI is InChI=1S/C21H19N3/c1-16(20-6-4-12-23-15-20)24-14-17-8-10-18(11-9-17)21-7-3-2-5-19(21)13-22/h2-12,15-16,24H,14H2,1H3/t16-/m1/s1. The molecule has 0 bridgehead atoms. The molecule has 3 nitrogen and oxygen atoms in total. The molecule has 1 atom stereocenters. The number of nitrogens with one attached hydrogen (secondary N) is 1. The Bertz CT molecular complexity index is 833. The van der Waals surface area contributed by atoms with Crippen LogP contribution in [0.15, 0.2) is 73.1 Å². The molecule has 0 aliphatic heterocycles. The molecule has 24 heavy (non-hydrogen) atoms. The molecule has 118 valence electrons. The summed E-state index contributed by atoms with van der Waals surface area (Å²) < 4.78 is 0. The number of pyridine rings is 1. The maximum Gasteiger partial charge on any atom is 0.0998 e. The number of nitriles is 1. The van der Waals surface area contributed by atoms with Crippen LogP contribution in [0.1, 0.15) is 29.7 Å². The number of benzene rings is 2. The number of hydrogen-bond acceptors (Lipinski definition) is 3. The van der Waals surface area contributed by atoms with E-state index in [1.807, 2.05) is 36.5 Å². The van der Waals surface area contributed by atoms with Gasteiger partial charge in [-0.15, -0.1) is 0 Å². The van der Waals surface area contributed by atoms with Crippen LogP contribution in [0.4, 0.5) is 0 Å². The molecule has 0 radical (unpaired) electrons. The van der Waals surface area contributed by atoms with Gasteiger partial charge in [-0.05, 0) is 41.3 Å². The third-order valence-corrected chi connectivity index (χ3v) is 4.11. The molecule has 0 aliphatic carbocycles. The Morgan fingerprint density at radius 2 is 1.83 bits per heavy atom. The van der Waals surface area contributed by atoms with Gasteiger partial charge in [-0.25, -0.2) is 0 Å². The maximum absolute atomic E-state index is 9.22. The summed E-state index contributed by atoms with van der Waals surface area (Å²) in [5.74, 6) is 0. The van der Waals surface area contributed by atoms with Gasteiger partial charge in [0.05, 0.1) is 11.6 Å². The van der Waals surface area contributed by atoms with Crippen molar-refractivity contribution in [3.05, 3.63) is 89.7 Å². The summed E-state index contributed by atoms with van der Waals surface area (Å²) in [6.45, 7) is 2.92. The van der Waals surface area contributed by atoms with E-state index in [2.05, 4.69) is 53.6 Å². The summed E-state index contributed by atoms with van der Waals surface area (Å²) in [4.78, 5) is 4.16. The second kappa shape index (κ2) is 7.54. The average Bonchev–Trinajstić information content (AvgIpc) is 2.67. The van der Waals surface area contributed by atoms with E-state index in [1.54, 1.807) is 6.20 Å². The summed E-state index contributed by atoms with van der Waals surface area (Å²) >= 11 is 0. The fourth-order valence-electron chi connectivity index (χ4n) is 2.66. The van der Waals surface area contributed by atoms with Crippen molar-refractivity contribution in [1.82, 2.24) is 10.3 Å². The molecule has 0 aliphatic rings. The van der Waals surface area contributed by atoms with E-state index in [-0.39, 0.29) is 6.04 Å². The van der Waals surface area contributed by atoms with Gasteiger partial charge >= 0.3 is 0 Å². The fourth-order valence-corrected chi connectivity index (χ4v) is 2.66. The van der Waals surface area contributed by atoms with E-state index >= 15 is 0 Å². The van der Waals surface area contributed by atoms with Crippen LogP contribution < -0.4 is 5.32 Å². The molecule has 0 spiro atoms. The number of hydrogen-bond donors (Lipinski definition) is 1. The molecule has 0 fully saturated rings. The molecule has 0 amide bonds. The zero-order valence-electron chi connectivity index (χ0n) is 13.6. The van der Waals surface area contributed by atoms with E-state index in [1.165, 1.54) is 11.1 Å². The van der Waals surface area contributed by atoms with Crippen LogP contribution in [0, 0.1) is 11.3 Å². The van der Waals surface area contributed by atoms with Crippen molar-refractivity contribution >= 4 is 0 Å². The minimum Gasteiger partial charge on any atom is -0.306 e. The van der Waals surface area contributed by atoms with Gasteiger partial charge in [0, 0.05) is 25.0 Å². The Kier molecular flexibility index (Phi) is 5.00. The lowest BCUT2D eigenvalue weighted by molar-refractivity contribution is 0.573. The lowest BCUT2D eigenvalue weighted by Gasteiger charge is -2.14. The van der Waals surface area contributed by atoms with Crippen molar-refractivity contribution in [2.75, 3.05) is 0 Å². The smallest absolute Gasteiger partial charge is 0.0998 e. The number of rotatable bonds is 5. The Morgan fingerprint density at radius 3 is 2.54 bits per heavy atom. The molecule has 1 aromatic heterocycles. The molecule has 1 heterocycles. The Labute approximate surface area is 142 Å². The first kappa shape index (κ1) is 15.9. The van der Waals surface area contributed by atoms with Crippen molar-refractivity contribution in [3.63, 3.8) is 0 Å². The van der Waals surface area contributed by atoms with Crippen LogP contribution in [-0.4, -0.2) is 4.98 Å². The Balaban J connectivity index is 1.68. The summed E-state index contributed by atoms with van der Waals surface area (Å²) in [6, 6.07) is 22.6. The van der Waals surface area contributed by atoms with E-state index < -0.39 is 0 Å². The van der Waals surface area contributed by atoms with Gasteiger partial charge in [0.1, 0.15) is 0 Å². The van der Waals surface area contributed by atoms with Crippen molar-refractivity contribution < 1.29 is 0 Å². The first-order valence-corrected chi connectivity index (χ1v) is 7.99. The third-order valence-electron chi connectivity index (χ3n) is 4.11. The Hall–Kier alpha value is -2.96. The fraction of sp³-hybridized carbons (Fsp3) is 0.143. The molecule has 1 N–H and O–H groups in total. The highest BCUT2D eigenvalue weighted by atomic mass is 14.9. The van der Waals surface area contributed by atoms with Gasteiger partial charge in [0.15, 0.2) is 0 Å². The van der Waals surface area contributed by atoms with Crippen LogP contribution >= 0.6 is 0 Å². The minimum absolute atomic E-state index is 0.248. The summed E-state index contributed by atoms with van der Waals surface area (Å²) in [6.07, 6.45) is 3.67. The van der Waals surface area contributed by atoms with Crippen LogP contribution in [0.3, 0.4) is 0 Å². The molecule has 0 unspecified atom stereocenters. The summed E-state index contributed by atoms with van der Waals surface area (Å²) in [5.41, 5.74) is 5.13. The van der Waals surface area contributed by atoms with E-state index in [9.17, 15) is 5.26 Å². The van der Waals surface area contributed by atoms with Crippen LogP contribution in [0.25, 0.3) is 11.1 Å². The monoisotopic (exact) mass is 313 g/mol. The molecule has 2 aromatic carbocycles. The quantitative estimate of drug-likeness (QED) is 0.756. The largest absolute Gasteiger partial charge is 0.306 e. The van der Waals surface area contributed by atoms with Crippen molar-refractivity contribution in [3.8, 4) is 17.2 Å². The molecule has 3 rings (SSSR count). The number of nitrogens with zero attached hydrogens (tertiary/aromatic N) is 2. The highest BCUT2D eigenvalue weighted by Crippen LogP contribution is 2.23. The second-order valence-electron chi connectivity index (χ2n) is 5.74. The molecular formula is C21H19N3. The predicted molar refractivity (Wildman–Crippen MR) is 96.1 cm³/mol. The normalized spacial score (nSPS) is 11.7. The zero-order valence-corrected chi connectivity index (χ0v) is 13.6. The average molecular weight is 313 g/mol. The molecule has 0 saturated heterocycles. The van der Waals surface area contributed by atoms with Gasteiger partial charge in [-0.1, -0.05) is 48.5 Å². The number of aromatic nitrogens is 1. The van der Waals surface area contributed by atoms with Gasteiger partial charge in [-0.2, -0.15) is 5.26 Å². The summed E-state index contributed by atoms with van der Waals surface area (Å²) in [5, 5.41) is 12.7. The first-order valence-electron chi connectivity index (χ1n) is 7.99. The van der Waals surface area contributed by atoms with E-state index in [0.29, 0.717) is 5.56 Å². The zero-order chi connectivity index (χ0) is 16.8. The molecule has 3 aromatic rings. The molecular weight excluding hydrogens is 294 g/mol. The van der Waals surface area contributed by atoms with Crippen LogP contribution in [0.5, 0.6) is 0 Å². The van der Waals surface area contributed by atoms with Gasteiger partial charge < -0.3 is 5.32 Å². The van der Waals surface area contributed by atoms with Crippen LogP contribution in [-0.2, 0) is 6.54 Å². The van der Waals surface area contributed by atoms with Crippen molar-refractivity contribution in [2.45, 2.75) is 19.5 Å². The predicted octanol–water partition coefficient (Wildman–Crippen LogP) is 4.47. The Morgan fingerprint density at radius 1 is 1.04 bits per heavy atom. The van der Waals surface area contributed by atoms with Gasteiger partial charge in [0.25, 0.3) is 0 Å². The maximum atomic E-state index is 9.22. The highest BCUT2D eigenvalue weighted by Gasteiger charge is 2.06. The lowest BCUT2D eigenvalue weighted by Crippen LogP contribution is -2.18. The minimum atomic E-state index is 0.248. The molecule has 0 saturated carbocycles. The van der Waals surface area contributed by atoms with Crippen molar-refractivity contribution in [2.24, 2.45) is 0 Å². The summed E-state index contributed by atoms with van der Waals surface area (Å²) in [7, 11) is 0. The van der Waals surface area contributed by atoms with Gasteiger partial charge in [-0.3, -0.25) is 4.98 Å². The third kappa shape index (κ3) is 3.68. The highest BCUT2D eigenvalue weighted by molar-refractivity contribution is 5.70. The first-order chi connectivity index (χ1) is 11.8. The van der Waals surface area contributed by atoms with E-state index in [4.69, 9.17) is 0 Å². The van der Waals surface area contributed by atoms with Gasteiger partial charge in [0.2, 0.25) is 0 Å². The van der Waals surface area contributed by atoms with E-state index in [0.717, 1.165) is 17.7 Å². The topological polar surface area (TPSA) is 48.7 Å². The lowest BCUT2D eigenvalue weighted by atomic mass is 9.99. The van der Waals surface area contributed by atoms with Crippen LogP contribution in [0.2, 0.25) is 0 Å². The second-order valence-corrected chi connectivity index (χ2v) is 5.74. The van der Waals surface area contributed by atoms with Crippen molar-refractivity contribution in [1.29, 1.82) is 5.26 Å². The SMILES string of the molecule is C[C@@H](NCc1ccc(-c2ccccc2C#N)cc1)c1cccnc1. The molecule has 3 heteroatoms.